The predicted octanol–water partition coefficient (Wildman–Crippen LogP) is 2.40. The van der Waals surface area contributed by atoms with Crippen LogP contribution in [-0.4, -0.2) is 27.5 Å². The van der Waals surface area contributed by atoms with Crippen molar-refractivity contribution >= 4 is 15.9 Å². The summed E-state index contributed by atoms with van der Waals surface area (Å²) in [6, 6.07) is 10.3. The molecule has 0 aliphatic heterocycles. The molecule has 8 heteroatoms. The average molecular weight is 392 g/mol. The lowest BCUT2D eigenvalue weighted by molar-refractivity contribution is -0.127. The SMILES string of the molecule is COc1ccc(C)cc1S(=O)(=O)NNC(=O)[C@H](C)Oc1cccc(C)c1C. The molecule has 0 radical (unpaired) electrons. The summed E-state index contributed by atoms with van der Waals surface area (Å²) in [6.45, 7) is 7.13. The summed E-state index contributed by atoms with van der Waals surface area (Å²) in [5.41, 5.74) is 4.89. The molecule has 2 aromatic carbocycles. The quantitative estimate of drug-likeness (QED) is 0.706. The normalized spacial score (nSPS) is 12.3. The number of rotatable bonds is 7. The highest BCUT2D eigenvalue weighted by Crippen LogP contribution is 2.24. The highest BCUT2D eigenvalue weighted by atomic mass is 32.2. The van der Waals surface area contributed by atoms with Crippen LogP contribution in [0.5, 0.6) is 11.5 Å². The van der Waals surface area contributed by atoms with Crippen molar-refractivity contribution in [3.63, 3.8) is 0 Å². The number of hydrazine groups is 1. The fraction of sp³-hybridized carbons (Fsp3) is 0.316. The van der Waals surface area contributed by atoms with Crippen LogP contribution >= 0.6 is 0 Å². The maximum atomic E-state index is 12.5. The molecule has 0 bridgehead atoms. The van der Waals surface area contributed by atoms with Crippen LogP contribution in [0.4, 0.5) is 0 Å². The minimum Gasteiger partial charge on any atom is -0.495 e. The predicted molar refractivity (Wildman–Crippen MR) is 102 cm³/mol. The van der Waals surface area contributed by atoms with Gasteiger partial charge in [-0.05, 0) is 62.6 Å². The second kappa shape index (κ2) is 8.41. The van der Waals surface area contributed by atoms with E-state index in [1.54, 1.807) is 32.0 Å². The van der Waals surface area contributed by atoms with Crippen molar-refractivity contribution in [1.29, 1.82) is 0 Å². The molecule has 0 unspecified atom stereocenters. The highest BCUT2D eigenvalue weighted by molar-refractivity contribution is 7.89. The van der Waals surface area contributed by atoms with Crippen LogP contribution in [0.3, 0.4) is 0 Å². The van der Waals surface area contributed by atoms with Crippen molar-refractivity contribution in [2.45, 2.75) is 38.7 Å². The molecule has 0 aliphatic carbocycles. The Bertz CT molecular complexity index is 941. The number of carbonyl (C=O) groups is 1. The van der Waals surface area contributed by atoms with Crippen molar-refractivity contribution in [2.24, 2.45) is 0 Å². The third kappa shape index (κ3) is 4.99. The van der Waals surface area contributed by atoms with Crippen molar-refractivity contribution in [3.8, 4) is 11.5 Å². The number of ether oxygens (including phenoxy) is 2. The van der Waals surface area contributed by atoms with Gasteiger partial charge in [0.1, 0.15) is 16.4 Å². The molecular weight excluding hydrogens is 368 g/mol. The molecule has 0 aliphatic rings. The number of nitrogens with one attached hydrogen (secondary N) is 2. The molecule has 2 rings (SSSR count). The van der Waals surface area contributed by atoms with Crippen molar-refractivity contribution in [2.75, 3.05) is 7.11 Å². The van der Waals surface area contributed by atoms with Crippen molar-refractivity contribution in [1.82, 2.24) is 10.3 Å². The number of sulfonamides is 1. The first kappa shape index (κ1) is 20.7. The van der Waals surface area contributed by atoms with E-state index < -0.39 is 22.0 Å². The molecule has 0 saturated carbocycles. The van der Waals surface area contributed by atoms with E-state index in [9.17, 15) is 13.2 Å². The molecule has 1 atom stereocenters. The second-order valence-electron chi connectivity index (χ2n) is 6.21. The molecule has 0 heterocycles. The van der Waals surface area contributed by atoms with Crippen LogP contribution in [0, 0.1) is 20.8 Å². The van der Waals surface area contributed by atoms with Crippen LogP contribution in [0.15, 0.2) is 41.3 Å². The summed E-state index contributed by atoms with van der Waals surface area (Å²) in [4.78, 5) is 14.3. The zero-order valence-electron chi connectivity index (χ0n) is 16.0. The third-order valence-corrected chi connectivity index (χ3v) is 5.41. The van der Waals surface area contributed by atoms with E-state index in [4.69, 9.17) is 9.47 Å². The van der Waals surface area contributed by atoms with E-state index in [2.05, 4.69) is 10.3 Å². The first-order valence-corrected chi connectivity index (χ1v) is 9.83. The molecule has 1 amide bonds. The van der Waals surface area contributed by atoms with Crippen LogP contribution in [0.25, 0.3) is 0 Å². The summed E-state index contributed by atoms with van der Waals surface area (Å²) in [5.74, 6) is 0.133. The molecule has 2 N–H and O–H groups in total. The fourth-order valence-electron chi connectivity index (χ4n) is 2.36. The zero-order chi connectivity index (χ0) is 20.2. The fourth-order valence-corrected chi connectivity index (χ4v) is 3.47. The smallest absolute Gasteiger partial charge is 0.275 e. The van der Waals surface area contributed by atoms with E-state index >= 15 is 0 Å². The van der Waals surface area contributed by atoms with Gasteiger partial charge in [-0.25, -0.2) is 8.42 Å². The number of methoxy groups -OCH3 is 1. The molecular formula is C19H24N2O5S. The number of amides is 1. The van der Waals surface area contributed by atoms with Gasteiger partial charge >= 0.3 is 0 Å². The lowest BCUT2D eigenvalue weighted by Crippen LogP contribution is -2.47. The van der Waals surface area contributed by atoms with Crippen LogP contribution in [0.1, 0.15) is 23.6 Å². The van der Waals surface area contributed by atoms with Gasteiger partial charge in [-0.15, -0.1) is 4.83 Å². The van der Waals surface area contributed by atoms with Gasteiger partial charge in [-0.3, -0.25) is 10.2 Å². The maximum Gasteiger partial charge on any atom is 0.275 e. The molecule has 0 aromatic heterocycles. The largest absolute Gasteiger partial charge is 0.495 e. The first-order chi connectivity index (χ1) is 12.7. The molecule has 0 saturated heterocycles. The molecule has 27 heavy (non-hydrogen) atoms. The number of carbonyl (C=O) groups excluding carboxylic acids is 1. The number of benzene rings is 2. The standard InChI is InChI=1S/C19H24N2O5S/c1-12-9-10-17(25-5)18(11-12)27(23,24)21-20-19(22)15(4)26-16-8-6-7-13(2)14(16)3/h6-11,15,21H,1-5H3,(H,20,22)/t15-/m0/s1. The van der Waals surface area contributed by atoms with Gasteiger partial charge in [-0.2, -0.15) is 0 Å². The maximum absolute atomic E-state index is 12.5. The van der Waals surface area contributed by atoms with E-state index in [1.165, 1.54) is 13.2 Å². The van der Waals surface area contributed by atoms with Gasteiger partial charge in [0.2, 0.25) is 0 Å². The van der Waals surface area contributed by atoms with Crippen LogP contribution in [-0.2, 0) is 14.8 Å². The lowest BCUT2D eigenvalue weighted by atomic mass is 10.1. The third-order valence-electron chi connectivity index (χ3n) is 4.15. The Morgan fingerprint density at radius 1 is 1.07 bits per heavy atom. The Labute approximate surface area is 159 Å². The minimum atomic E-state index is -4.00. The number of aryl methyl sites for hydroxylation is 2. The first-order valence-electron chi connectivity index (χ1n) is 8.35. The van der Waals surface area contributed by atoms with Gasteiger partial charge in [-0.1, -0.05) is 18.2 Å². The summed E-state index contributed by atoms with van der Waals surface area (Å²) >= 11 is 0. The van der Waals surface area contributed by atoms with Gasteiger partial charge in [0.15, 0.2) is 6.10 Å². The van der Waals surface area contributed by atoms with Gasteiger partial charge in [0.25, 0.3) is 15.9 Å². The summed E-state index contributed by atoms with van der Waals surface area (Å²) in [6.07, 6.45) is -0.896. The van der Waals surface area contributed by atoms with Gasteiger partial charge < -0.3 is 9.47 Å². The molecule has 0 fully saturated rings. The lowest BCUT2D eigenvalue weighted by Gasteiger charge is -2.18. The van der Waals surface area contributed by atoms with Crippen LogP contribution < -0.4 is 19.7 Å². The van der Waals surface area contributed by atoms with Crippen LogP contribution in [0.2, 0.25) is 0 Å². The average Bonchev–Trinajstić information content (AvgIpc) is 2.63. The van der Waals surface area contributed by atoms with Gasteiger partial charge in [0.05, 0.1) is 7.11 Å². The van der Waals surface area contributed by atoms with Gasteiger partial charge in [0, 0.05) is 0 Å². The Morgan fingerprint density at radius 2 is 1.78 bits per heavy atom. The molecule has 2 aromatic rings. The zero-order valence-corrected chi connectivity index (χ0v) is 16.8. The van der Waals surface area contributed by atoms with E-state index in [1.807, 2.05) is 26.0 Å². The van der Waals surface area contributed by atoms with Crippen molar-refractivity contribution < 1.29 is 22.7 Å². The Morgan fingerprint density at radius 3 is 2.44 bits per heavy atom. The number of hydrogen-bond acceptors (Lipinski definition) is 5. The van der Waals surface area contributed by atoms with E-state index in [0.29, 0.717) is 5.75 Å². The monoisotopic (exact) mass is 392 g/mol. The Kier molecular flexibility index (Phi) is 6.45. The summed E-state index contributed by atoms with van der Waals surface area (Å²) in [5, 5.41) is 0. The second-order valence-corrected chi connectivity index (χ2v) is 7.86. The molecule has 7 nitrogen and oxygen atoms in total. The molecule has 0 spiro atoms. The highest BCUT2D eigenvalue weighted by Gasteiger charge is 2.23. The van der Waals surface area contributed by atoms with E-state index in [0.717, 1.165) is 16.7 Å². The summed E-state index contributed by atoms with van der Waals surface area (Å²) in [7, 11) is -2.63. The van der Waals surface area contributed by atoms with Crippen molar-refractivity contribution in [3.05, 3.63) is 53.1 Å². The summed E-state index contributed by atoms with van der Waals surface area (Å²) < 4.78 is 35.7. The minimum absolute atomic E-state index is 0.0617. The van der Waals surface area contributed by atoms with E-state index in [-0.39, 0.29) is 10.6 Å². The molecule has 146 valence electrons. The Balaban J connectivity index is 2.08. The Hall–Kier alpha value is -2.58. The number of hydrogen-bond donors (Lipinski definition) is 2. The topological polar surface area (TPSA) is 93.7 Å².